The van der Waals surface area contributed by atoms with Crippen molar-refractivity contribution in [3.8, 4) is 0 Å². The van der Waals surface area contributed by atoms with Gasteiger partial charge in [-0.3, -0.25) is 9.69 Å². The highest BCUT2D eigenvalue weighted by Gasteiger charge is 2.45. The van der Waals surface area contributed by atoms with Crippen LogP contribution in [0.2, 0.25) is 0 Å². The number of likely N-dealkylation sites (tertiary alicyclic amines) is 2. The molecule has 5 rings (SSSR count). The van der Waals surface area contributed by atoms with E-state index in [1.807, 2.05) is 12.1 Å². The van der Waals surface area contributed by atoms with Gasteiger partial charge in [-0.15, -0.1) is 0 Å². The van der Waals surface area contributed by atoms with Crippen molar-refractivity contribution in [2.45, 2.75) is 44.6 Å². The number of hydrogen-bond donors (Lipinski definition) is 0. The van der Waals surface area contributed by atoms with Crippen LogP contribution in [0.15, 0.2) is 63.5 Å². The number of hydrogen-bond acceptors (Lipinski definition) is 3. The van der Waals surface area contributed by atoms with E-state index in [4.69, 9.17) is 4.42 Å². The van der Waals surface area contributed by atoms with E-state index in [0.29, 0.717) is 5.92 Å². The molecule has 2 saturated heterocycles. The summed E-state index contributed by atoms with van der Waals surface area (Å²) >= 11 is 3.55. The number of rotatable bonds is 4. The second-order valence-corrected chi connectivity index (χ2v) is 10.4. The maximum absolute atomic E-state index is 12.3. The summed E-state index contributed by atoms with van der Waals surface area (Å²) in [6.45, 7) is 6.47. The molecular formula is C27H31BrN2O2. The highest BCUT2D eigenvalue weighted by Crippen LogP contribution is 2.45. The maximum atomic E-state index is 12.3. The lowest BCUT2D eigenvalue weighted by atomic mass is 9.62. The molecule has 0 N–H and O–H groups in total. The molecule has 32 heavy (non-hydrogen) atoms. The summed E-state index contributed by atoms with van der Waals surface area (Å²) < 4.78 is 7.17. The highest BCUT2D eigenvalue weighted by molar-refractivity contribution is 9.10. The van der Waals surface area contributed by atoms with E-state index < -0.39 is 0 Å². The smallest absolute Gasteiger partial charge is 0.219 e. The zero-order valence-corrected chi connectivity index (χ0v) is 20.3. The fourth-order valence-electron chi connectivity index (χ4n) is 5.94. The standard InChI is InChI=1S/C27H31BrN2O2/c1-20(31)30-13-5-12-27(19-30,22-6-3-2-4-7-22)23-10-14-29(15-11-23)18-25-17-21-16-24(28)8-9-26(21)32-25/h2-4,6-9,16-17,23H,5,10-15,18-19H2,1H3. The predicted molar refractivity (Wildman–Crippen MR) is 132 cm³/mol. The number of furan rings is 1. The Labute approximate surface area is 198 Å². The van der Waals surface area contributed by atoms with Crippen molar-refractivity contribution >= 4 is 32.8 Å². The molecule has 1 atom stereocenters. The summed E-state index contributed by atoms with van der Waals surface area (Å²) in [5.74, 6) is 1.84. The molecule has 0 aliphatic carbocycles. The fraction of sp³-hybridized carbons (Fsp3) is 0.444. The van der Waals surface area contributed by atoms with Crippen molar-refractivity contribution in [3.05, 3.63) is 70.4 Å². The van der Waals surface area contributed by atoms with E-state index in [0.717, 1.165) is 73.2 Å². The third-order valence-electron chi connectivity index (χ3n) is 7.60. The lowest BCUT2D eigenvalue weighted by Gasteiger charge is -2.50. The van der Waals surface area contributed by atoms with Gasteiger partial charge in [0, 0.05) is 35.3 Å². The molecule has 2 aliphatic heterocycles. The minimum absolute atomic E-state index is 0.0723. The molecule has 2 aliphatic rings. The van der Waals surface area contributed by atoms with Crippen LogP contribution >= 0.6 is 15.9 Å². The van der Waals surface area contributed by atoms with Gasteiger partial charge in [0.2, 0.25) is 5.91 Å². The summed E-state index contributed by atoms with van der Waals surface area (Å²) in [5.41, 5.74) is 2.43. The Hall–Kier alpha value is -2.11. The Bertz CT molecular complexity index is 1090. The normalized spacial score (nSPS) is 23.0. The number of carbonyl (C=O) groups is 1. The number of carbonyl (C=O) groups excluding carboxylic acids is 1. The summed E-state index contributed by atoms with van der Waals surface area (Å²) in [6.07, 6.45) is 4.58. The molecule has 1 aromatic heterocycles. The van der Waals surface area contributed by atoms with Crippen LogP contribution in [0.1, 0.15) is 43.9 Å². The number of fused-ring (bicyclic) bond motifs is 1. The van der Waals surface area contributed by atoms with E-state index in [2.05, 4.69) is 68.2 Å². The van der Waals surface area contributed by atoms with Gasteiger partial charge in [-0.25, -0.2) is 0 Å². The monoisotopic (exact) mass is 494 g/mol. The Morgan fingerprint density at radius 3 is 2.62 bits per heavy atom. The molecule has 2 aromatic carbocycles. The van der Waals surface area contributed by atoms with Gasteiger partial charge < -0.3 is 9.32 Å². The van der Waals surface area contributed by atoms with Gasteiger partial charge in [-0.05, 0) is 74.5 Å². The highest BCUT2D eigenvalue weighted by atomic mass is 79.9. The van der Waals surface area contributed by atoms with Crippen LogP contribution < -0.4 is 0 Å². The lowest BCUT2D eigenvalue weighted by Crippen LogP contribution is -2.53. The van der Waals surface area contributed by atoms with Crippen molar-refractivity contribution < 1.29 is 9.21 Å². The molecule has 2 fully saturated rings. The van der Waals surface area contributed by atoms with Gasteiger partial charge in [0.05, 0.1) is 6.54 Å². The second kappa shape index (κ2) is 9.03. The topological polar surface area (TPSA) is 36.7 Å². The Morgan fingerprint density at radius 1 is 1.09 bits per heavy atom. The molecule has 0 saturated carbocycles. The summed E-state index contributed by atoms with van der Waals surface area (Å²) in [6, 6.07) is 19.3. The minimum atomic E-state index is 0.0723. The predicted octanol–water partition coefficient (Wildman–Crippen LogP) is 5.99. The van der Waals surface area contributed by atoms with Crippen LogP contribution in [0.4, 0.5) is 0 Å². The zero-order valence-electron chi connectivity index (χ0n) is 18.7. The van der Waals surface area contributed by atoms with Gasteiger partial charge in [0.15, 0.2) is 0 Å². The molecule has 4 nitrogen and oxygen atoms in total. The first kappa shape index (κ1) is 21.7. The van der Waals surface area contributed by atoms with Gasteiger partial charge >= 0.3 is 0 Å². The Kier molecular flexibility index (Phi) is 6.13. The third-order valence-corrected chi connectivity index (χ3v) is 8.09. The lowest BCUT2D eigenvalue weighted by molar-refractivity contribution is -0.132. The number of piperidine rings is 2. The SMILES string of the molecule is CC(=O)N1CCCC(c2ccccc2)(C2CCN(Cc3cc4cc(Br)ccc4o3)CC2)C1. The molecule has 5 heteroatoms. The summed E-state index contributed by atoms with van der Waals surface area (Å²) in [5, 5.41) is 1.15. The van der Waals surface area contributed by atoms with Crippen molar-refractivity contribution in [2.75, 3.05) is 26.2 Å². The molecule has 3 heterocycles. The molecule has 0 spiro atoms. The van der Waals surface area contributed by atoms with Gasteiger partial charge in [0.25, 0.3) is 0 Å². The van der Waals surface area contributed by atoms with Crippen LogP contribution in [-0.4, -0.2) is 41.9 Å². The first-order valence-corrected chi connectivity index (χ1v) is 12.5. The number of nitrogens with zero attached hydrogens (tertiary/aromatic N) is 2. The van der Waals surface area contributed by atoms with E-state index in [1.54, 1.807) is 6.92 Å². The van der Waals surface area contributed by atoms with Gasteiger partial charge in [-0.2, -0.15) is 0 Å². The molecule has 168 valence electrons. The van der Waals surface area contributed by atoms with Crippen LogP contribution in [0.25, 0.3) is 11.0 Å². The number of amides is 1. The van der Waals surface area contributed by atoms with Crippen molar-refractivity contribution in [1.29, 1.82) is 0 Å². The number of halogens is 1. The largest absolute Gasteiger partial charge is 0.460 e. The van der Waals surface area contributed by atoms with Gasteiger partial charge in [0.1, 0.15) is 11.3 Å². The molecule has 1 amide bonds. The fourth-order valence-corrected chi connectivity index (χ4v) is 6.32. The molecule has 0 radical (unpaired) electrons. The molecule has 0 bridgehead atoms. The zero-order chi connectivity index (χ0) is 22.1. The first-order chi connectivity index (χ1) is 15.5. The Morgan fingerprint density at radius 2 is 1.88 bits per heavy atom. The average molecular weight is 495 g/mol. The van der Waals surface area contributed by atoms with Gasteiger partial charge in [-0.1, -0.05) is 46.3 Å². The van der Waals surface area contributed by atoms with E-state index in [1.165, 1.54) is 12.0 Å². The van der Waals surface area contributed by atoms with Crippen molar-refractivity contribution in [1.82, 2.24) is 9.80 Å². The summed E-state index contributed by atoms with van der Waals surface area (Å²) in [4.78, 5) is 16.9. The van der Waals surface area contributed by atoms with Crippen LogP contribution in [-0.2, 0) is 16.8 Å². The molecule has 1 unspecified atom stereocenters. The minimum Gasteiger partial charge on any atom is -0.460 e. The quantitative estimate of drug-likeness (QED) is 0.446. The average Bonchev–Trinajstić information content (AvgIpc) is 3.21. The van der Waals surface area contributed by atoms with E-state index >= 15 is 0 Å². The molecular weight excluding hydrogens is 464 g/mol. The van der Waals surface area contributed by atoms with Crippen molar-refractivity contribution in [3.63, 3.8) is 0 Å². The third kappa shape index (κ3) is 4.25. The second-order valence-electron chi connectivity index (χ2n) is 9.51. The van der Waals surface area contributed by atoms with E-state index in [9.17, 15) is 4.79 Å². The van der Waals surface area contributed by atoms with Crippen LogP contribution in [0, 0.1) is 5.92 Å². The number of benzene rings is 2. The molecule has 3 aromatic rings. The maximum Gasteiger partial charge on any atom is 0.219 e. The Balaban J connectivity index is 1.31. The summed E-state index contributed by atoms with van der Waals surface area (Å²) in [7, 11) is 0. The van der Waals surface area contributed by atoms with Crippen LogP contribution in [0.5, 0.6) is 0 Å². The van der Waals surface area contributed by atoms with Crippen molar-refractivity contribution in [2.24, 2.45) is 5.92 Å². The van der Waals surface area contributed by atoms with Crippen LogP contribution in [0.3, 0.4) is 0 Å². The first-order valence-electron chi connectivity index (χ1n) is 11.7. The van der Waals surface area contributed by atoms with E-state index in [-0.39, 0.29) is 11.3 Å².